The molecule has 1 rings (SSSR count). The van der Waals surface area contributed by atoms with Gasteiger partial charge in [-0.25, -0.2) is 0 Å². The number of carbonyl (C=O) groups excluding carboxylic acids is 1. The van der Waals surface area contributed by atoms with Gasteiger partial charge in [-0.1, -0.05) is 20.8 Å². The molecule has 1 saturated heterocycles. The van der Waals surface area contributed by atoms with Gasteiger partial charge in [-0.15, -0.1) is 0 Å². The lowest BCUT2D eigenvalue weighted by Crippen LogP contribution is -2.48. The van der Waals surface area contributed by atoms with E-state index >= 15 is 0 Å². The zero-order chi connectivity index (χ0) is 13.1. The van der Waals surface area contributed by atoms with E-state index in [-0.39, 0.29) is 22.9 Å². The molecule has 1 fully saturated rings. The van der Waals surface area contributed by atoms with E-state index < -0.39 is 0 Å². The van der Waals surface area contributed by atoms with Gasteiger partial charge in [0.15, 0.2) is 0 Å². The van der Waals surface area contributed by atoms with Crippen LogP contribution in [0.15, 0.2) is 0 Å². The second-order valence-corrected chi connectivity index (χ2v) is 6.64. The van der Waals surface area contributed by atoms with E-state index in [0.29, 0.717) is 13.0 Å². The van der Waals surface area contributed by atoms with Crippen LogP contribution in [0, 0.1) is 5.41 Å². The van der Waals surface area contributed by atoms with Gasteiger partial charge in [0.25, 0.3) is 0 Å². The predicted octanol–water partition coefficient (Wildman–Crippen LogP) is 1.44. The fraction of sp³-hybridized carbons (Fsp3) is 0.923. The first-order valence-electron chi connectivity index (χ1n) is 6.35. The first-order valence-corrected chi connectivity index (χ1v) is 6.35. The Morgan fingerprint density at radius 3 is 2.65 bits per heavy atom. The quantitative estimate of drug-likeness (QED) is 0.784. The van der Waals surface area contributed by atoms with Crippen LogP contribution in [0.4, 0.5) is 0 Å². The first kappa shape index (κ1) is 14.5. The van der Waals surface area contributed by atoms with Gasteiger partial charge < -0.3 is 15.8 Å². The molecule has 0 aliphatic carbocycles. The molecule has 17 heavy (non-hydrogen) atoms. The van der Waals surface area contributed by atoms with Gasteiger partial charge in [0.2, 0.25) is 5.91 Å². The molecule has 3 N–H and O–H groups in total. The van der Waals surface area contributed by atoms with Crippen LogP contribution in [0.25, 0.3) is 0 Å². The maximum atomic E-state index is 11.9. The summed E-state index contributed by atoms with van der Waals surface area (Å²) in [7, 11) is 0. The summed E-state index contributed by atoms with van der Waals surface area (Å²) < 4.78 is 5.30. The van der Waals surface area contributed by atoms with Crippen LogP contribution in [0.3, 0.4) is 0 Å². The van der Waals surface area contributed by atoms with Gasteiger partial charge in [-0.2, -0.15) is 0 Å². The number of hydrogen-bond acceptors (Lipinski definition) is 3. The molecule has 0 aromatic heterocycles. The molecule has 4 nitrogen and oxygen atoms in total. The summed E-state index contributed by atoms with van der Waals surface area (Å²) in [6, 6.07) is -0.0686. The Labute approximate surface area is 104 Å². The second kappa shape index (κ2) is 5.36. The molecule has 1 amide bonds. The van der Waals surface area contributed by atoms with Crippen molar-refractivity contribution in [2.24, 2.45) is 11.1 Å². The van der Waals surface area contributed by atoms with Crippen molar-refractivity contribution in [3.05, 3.63) is 0 Å². The topological polar surface area (TPSA) is 64.4 Å². The Hall–Kier alpha value is -0.610. The third-order valence-electron chi connectivity index (χ3n) is 2.98. The van der Waals surface area contributed by atoms with Crippen molar-refractivity contribution in [1.82, 2.24) is 5.32 Å². The molecule has 1 aliphatic heterocycles. The van der Waals surface area contributed by atoms with Gasteiger partial charge in [-0.05, 0) is 25.2 Å². The highest BCUT2D eigenvalue weighted by Gasteiger charge is 2.31. The molecule has 4 heteroatoms. The summed E-state index contributed by atoms with van der Waals surface area (Å²) in [5, 5.41) is 3.03. The first-order chi connectivity index (χ1) is 7.70. The molecule has 1 aliphatic rings. The Morgan fingerprint density at radius 2 is 2.18 bits per heavy atom. The van der Waals surface area contributed by atoms with Crippen LogP contribution < -0.4 is 11.1 Å². The highest BCUT2D eigenvalue weighted by Crippen LogP contribution is 2.22. The minimum atomic E-state index is -0.196. The number of nitrogens with one attached hydrogen (secondary N) is 1. The molecule has 2 unspecified atom stereocenters. The monoisotopic (exact) mass is 242 g/mol. The average molecular weight is 242 g/mol. The lowest BCUT2D eigenvalue weighted by Gasteiger charge is -2.26. The summed E-state index contributed by atoms with van der Waals surface area (Å²) in [5.74, 6) is 0.0368. The molecule has 1 heterocycles. The average Bonchev–Trinajstić information content (AvgIpc) is 2.46. The SMILES string of the molecule is CC(C)(C)CC(N)CC(=O)NC1(C)CCOC1. The largest absolute Gasteiger partial charge is 0.379 e. The van der Waals surface area contributed by atoms with Gasteiger partial charge in [-0.3, -0.25) is 4.79 Å². The molecule has 0 spiro atoms. The van der Waals surface area contributed by atoms with Crippen molar-refractivity contribution < 1.29 is 9.53 Å². The number of ether oxygens (including phenoxy) is 1. The molecule has 0 aromatic carbocycles. The molecule has 100 valence electrons. The summed E-state index contributed by atoms with van der Waals surface area (Å²) in [6.07, 6.45) is 2.13. The van der Waals surface area contributed by atoms with E-state index in [9.17, 15) is 4.79 Å². The van der Waals surface area contributed by atoms with Gasteiger partial charge in [0.05, 0.1) is 12.1 Å². The fourth-order valence-electron chi connectivity index (χ4n) is 2.25. The number of rotatable bonds is 4. The fourth-order valence-corrected chi connectivity index (χ4v) is 2.25. The molecular weight excluding hydrogens is 216 g/mol. The van der Waals surface area contributed by atoms with Crippen molar-refractivity contribution in [2.45, 2.75) is 58.5 Å². The number of nitrogens with two attached hydrogens (primary N) is 1. The Bertz CT molecular complexity index is 265. The van der Waals surface area contributed by atoms with Gasteiger partial charge >= 0.3 is 0 Å². The van der Waals surface area contributed by atoms with E-state index in [1.54, 1.807) is 0 Å². The summed E-state index contributed by atoms with van der Waals surface area (Å²) >= 11 is 0. The van der Waals surface area contributed by atoms with Gasteiger partial charge in [0, 0.05) is 19.1 Å². The highest BCUT2D eigenvalue weighted by molar-refractivity contribution is 5.77. The lowest BCUT2D eigenvalue weighted by molar-refractivity contribution is -0.123. The van der Waals surface area contributed by atoms with E-state index in [0.717, 1.165) is 19.4 Å². The zero-order valence-electron chi connectivity index (χ0n) is 11.5. The van der Waals surface area contributed by atoms with Crippen LogP contribution in [0.1, 0.15) is 47.0 Å². The van der Waals surface area contributed by atoms with Crippen LogP contribution in [-0.4, -0.2) is 30.7 Å². The van der Waals surface area contributed by atoms with E-state index in [1.807, 2.05) is 6.92 Å². The number of carbonyl (C=O) groups is 1. The van der Waals surface area contributed by atoms with E-state index in [4.69, 9.17) is 10.5 Å². The third kappa shape index (κ3) is 5.50. The normalized spacial score (nSPS) is 26.9. The standard InChI is InChI=1S/C13H26N2O2/c1-12(2,3)8-10(14)7-11(16)15-13(4)5-6-17-9-13/h10H,5-9,14H2,1-4H3,(H,15,16). The number of amides is 1. The van der Waals surface area contributed by atoms with Crippen molar-refractivity contribution in [3.8, 4) is 0 Å². The van der Waals surface area contributed by atoms with Crippen LogP contribution in [0.5, 0.6) is 0 Å². The maximum absolute atomic E-state index is 11.9. The maximum Gasteiger partial charge on any atom is 0.222 e. The van der Waals surface area contributed by atoms with Crippen molar-refractivity contribution >= 4 is 5.91 Å². The molecule has 0 saturated carbocycles. The van der Waals surface area contributed by atoms with E-state index in [1.165, 1.54) is 0 Å². The molecule has 0 aromatic rings. The summed E-state index contributed by atoms with van der Waals surface area (Å²) in [5.41, 5.74) is 5.96. The highest BCUT2D eigenvalue weighted by atomic mass is 16.5. The second-order valence-electron chi connectivity index (χ2n) is 6.64. The minimum absolute atomic E-state index is 0.0368. The number of hydrogen-bond donors (Lipinski definition) is 2. The Morgan fingerprint density at radius 1 is 1.53 bits per heavy atom. The molecule has 2 atom stereocenters. The van der Waals surface area contributed by atoms with Crippen molar-refractivity contribution in [1.29, 1.82) is 0 Å². The van der Waals surface area contributed by atoms with Crippen molar-refractivity contribution in [2.75, 3.05) is 13.2 Å². The molecule has 0 bridgehead atoms. The van der Waals surface area contributed by atoms with Crippen LogP contribution >= 0.6 is 0 Å². The lowest BCUT2D eigenvalue weighted by atomic mass is 9.87. The molecular formula is C13H26N2O2. The van der Waals surface area contributed by atoms with Gasteiger partial charge in [0.1, 0.15) is 0 Å². The Balaban J connectivity index is 2.34. The smallest absolute Gasteiger partial charge is 0.222 e. The van der Waals surface area contributed by atoms with Crippen LogP contribution in [-0.2, 0) is 9.53 Å². The molecule has 0 radical (unpaired) electrons. The summed E-state index contributed by atoms with van der Waals surface area (Å²) in [4.78, 5) is 11.9. The van der Waals surface area contributed by atoms with Crippen molar-refractivity contribution in [3.63, 3.8) is 0 Å². The minimum Gasteiger partial charge on any atom is -0.379 e. The summed E-state index contributed by atoms with van der Waals surface area (Å²) in [6.45, 7) is 9.76. The third-order valence-corrected chi connectivity index (χ3v) is 2.98. The predicted molar refractivity (Wildman–Crippen MR) is 68.6 cm³/mol. The Kier molecular flexibility index (Phi) is 4.55. The van der Waals surface area contributed by atoms with Crippen LogP contribution in [0.2, 0.25) is 0 Å². The zero-order valence-corrected chi connectivity index (χ0v) is 11.5. The van der Waals surface area contributed by atoms with E-state index in [2.05, 4.69) is 26.1 Å².